The zero-order valence-electron chi connectivity index (χ0n) is 12.5. The van der Waals surface area contributed by atoms with Crippen LogP contribution in [0.4, 0.5) is 4.39 Å². The normalized spacial score (nSPS) is 11.5. The number of benzene rings is 2. The lowest BCUT2D eigenvalue weighted by Crippen LogP contribution is -2.02. The molecule has 0 aliphatic rings. The zero-order valence-corrected chi connectivity index (χ0v) is 12.5. The molecule has 22 heavy (non-hydrogen) atoms. The molecular weight excluding hydrogens is 281 g/mol. The van der Waals surface area contributed by atoms with E-state index in [4.69, 9.17) is 9.47 Å². The topological polar surface area (TPSA) is 42.2 Å². The number of hydrogen-bond donors (Lipinski definition) is 0. The lowest BCUT2D eigenvalue weighted by atomic mass is 9.96. The first-order valence-electron chi connectivity index (χ1n) is 7.15. The van der Waals surface area contributed by atoms with Gasteiger partial charge in [0.25, 0.3) is 0 Å². The van der Waals surface area contributed by atoms with Gasteiger partial charge >= 0.3 is 0 Å². The van der Waals surface area contributed by atoms with Crippen molar-refractivity contribution in [2.75, 3.05) is 13.7 Å². The second-order valence-electron chi connectivity index (χ2n) is 4.90. The van der Waals surface area contributed by atoms with Gasteiger partial charge in [-0.3, -0.25) is 0 Å². The first-order valence-corrected chi connectivity index (χ1v) is 7.15. The van der Waals surface area contributed by atoms with Crippen LogP contribution in [-0.2, 0) is 0 Å². The summed E-state index contributed by atoms with van der Waals surface area (Å²) < 4.78 is 23.4. The number of halogens is 1. The van der Waals surface area contributed by atoms with Crippen molar-refractivity contribution >= 4 is 0 Å². The Morgan fingerprint density at radius 2 is 1.68 bits per heavy atom. The predicted molar refractivity (Wildman–Crippen MR) is 82.5 cm³/mol. The molecule has 0 heterocycles. The standard InChI is InChI=1S/C18H18FNO2/c1-21-17-8-4-14(5-9-17)15(13-20)3-2-12-22-18-10-6-16(19)7-11-18/h4-11,15H,2-3,12H2,1H3. The second kappa shape index (κ2) is 8.04. The van der Waals surface area contributed by atoms with Crippen molar-refractivity contribution in [1.82, 2.24) is 0 Å². The van der Waals surface area contributed by atoms with Gasteiger partial charge in [-0.25, -0.2) is 4.39 Å². The van der Waals surface area contributed by atoms with Crippen molar-refractivity contribution < 1.29 is 13.9 Å². The maximum absolute atomic E-state index is 12.8. The van der Waals surface area contributed by atoms with Gasteiger partial charge in [0.15, 0.2) is 0 Å². The molecule has 0 saturated carbocycles. The van der Waals surface area contributed by atoms with Crippen molar-refractivity contribution in [3.8, 4) is 17.6 Å². The number of hydrogen-bond acceptors (Lipinski definition) is 3. The minimum absolute atomic E-state index is 0.164. The molecule has 1 unspecified atom stereocenters. The van der Waals surface area contributed by atoms with E-state index in [-0.39, 0.29) is 11.7 Å². The molecule has 0 bridgehead atoms. The summed E-state index contributed by atoms with van der Waals surface area (Å²) in [6, 6.07) is 15.8. The number of nitriles is 1. The molecule has 0 N–H and O–H groups in total. The van der Waals surface area contributed by atoms with E-state index in [0.29, 0.717) is 18.8 Å². The van der Waals surface area contributed by atoms with E-state index in [0.717, 1.165) is 17.7 Å². The number of ether oxygens (including phenoxy) is 2. The molecule has 2 rings (SSSR count). The highest BCUT2D eigenvalue weighted by molar-refractivity contribution is 5.31. The molecule has 1 atom stereocenters. The van der Waals surface area contributed by atoms with Gasteiger partial charge in [0.05, 0.1) is 25.7 Å². The first kappa shape index (κ1) is 15.8. The van der Waals surface area contributed by atoms with Gasteiger partial charge in [-0.2, -0.15) is 5.26 Å². The Kier molecular flexibility index (Phi) is 5.79. The molecule has 0 aliphatic heterocycles. The quantitative estimate of drug-likeness (QED) is 0.716. The molecule has 0 fully saturated rings. The molecule has 0 aromatic heterocycles. The average Bonchev–Trinajstić information content (AvgIpc) is 2.57. The lowest BCUT2D eigenvalue weighted by Gasteiger charge is -2.11. The Hall–Kier alpha value is -2.54. The highest BCUT2D eigenvalue weighted by Crippen LogP contribution is 2.23. The summed E-state index contributed by atoms with van der Waals surface area (Å²) in [6.07, 6.45) is 1.46. The van der Waals surface area contributed by atoms with Crippen LogP contribution < -0.4 is 9.47 Å². The summed E-state index contributed by atoms with van der Waals surface area (Å²) in [5, 5.41) is 9.29. The second-order valence-corrected chi connectivity index (χ2v) is 4.90. The monoisotopic (exact) mass is 299 g/mol. The van der Waals surface area contributed by atoms with Gasteiger partial charge in [-0.1, -0.05) is 12.1 Å². The van der Waals surface area contributed by atoms with Crippen LogP contribution in [0.2, 0.25) is 0 Å². The van der Waals surface area contributed by atoms with Gasteiger partial charge < -0.3 is 9.47 Å². The Morgan fingerprint density at radius 3 is 2.27 bits per heavy atom. The van der Waals surface area contributed by atoms with Gasteiger partial charge in [-0.05, 0) is 54.8 Å². The van der Waals surface area contributed by atoms with Crippen LogP contribution in [0.3, 0.4) is 0 Å². The van der Waals surface area contributed by atoms with Gasteiger partial charge in [-0.15, -0.1) is 0 Å². The predicted octanol–water partition coefficient (Wildman–Crippen LogP) is 4.30. The maximum Gasteiger partial charge on any atom is 0.123 e. The largest absolute Gasteiger partial charge is 0.497 e. The Balaban J connectivity index is 1.81. The van der Waals surface area contributed by atoms with Crippen molar-refractivity contribution in [2.45, 2.75) is 18.8 Å². The highest BCUT2D eigenvalue weighted by Gasteiger charge is 2.10. The summed E-state index contributed by atoms with van der Waals surface area (Å²) in [5.74, 6) is 0.971. The van der Waals surface area contributed by atoms with Crippen LogP contribution in [0.25, 0.3) is 0 Å². The van der Waals surface area contributed by atoms with E-state index in [1.54, 1.807) is 19.2 Å². The molecular formula is C18H18FNO2. The first-order chi connectivity index (χ1) is 10.7. The number of rotatable bonds is 7. The minimum Gasteiger partial charge on any atom is -0.497 e. The summed E-state index contributed by atoms with van der Waals surface area (Å²) >= 11 is 0. The highest BCUT2D eigenvalue weighted by atomic mass is 19.1. The van der Waals surface area contributed by atoms with E-state index in [2.05, 4.69) is 6.07 Å². The third-order valence-corrected chi connectivity index (χ3v) is 3.39. The average molecular weight is 299 g/mol. The van der Waals surface area contributed by atoms with Crippen LogP contribution in [0.5, 0.6) is 11.5 Å². The van der Waals surface area contributed by atoms with Crippen LogP contribution in [0.1, 0.15) is 24.3 Å². The van der Waals surface area contributed by atoms with Crippen LogP contribution in [-0.4, -0.2) is 13.7 Å². The number of methoxy groups -OCH3 is 1. The van der Waals surface area contributed by atoms with E-state index in [9.17, 15) is 9.65 Å². The smallest absolute Gasteiger partial charge is 0.123 e. The fourth-order valence-corrected chi connectivity index (χ4v) is 2.15. The molecule has 3 nitrogen and oxygen atoms in total. The van der Waals surface area contributed by atoms with Gasteiger partial charge in [0.1, 0.15) is 17.3 Å². The van der Waals surface area contributed by atoms with Crippen LogP contribution >= 0.6 is 0 Å². The Labute approximate surface area is 129 Å². The third-order valence-electron chi connectivity index (χ3n) is 3.39. The summed E-state index contributed by atoms with van der Waals surface area (Å²) in [4.78, 5) is 0. The molecule has 4 heteroatoms. The molecule has 0 spiro atoms. The van der Waals surface area contributed by atoms with Crippen LogP contribution in [0, 0.1) is 17.1 Å². The summed E-state index contributed by atoms with van der Waals surface area (Å²) in [7, 11) is 1.61. The van der Waals surface area contributed by atoms with E-state index >= 15 is 0 Å². The molecule has 0 radical (unpaired) electrons. The third kappa shape index (κ3) is 4.49. The van der Waals surface area contributed by atoms with E-state index in [1.807, 2.05) is 24.3 Å². The summed E-state index contributed by atoms with van der Waals surface area (Å²) in [6.45, 7) is 0.500. The molecule has 2 aromatic carbocycles. The Bertz CT molecular complexity index is 617. The summed E-state index contributed by atoms with van der Waals surface area (Å²) in [5.41, 5.74) is 0.977. The van der Waals surface area contributed by atoms with E-state index in [1.165, 1.54) is 12.1 Å². The molecule has 114 valence electrons. The van der Waals surface area contributed by atoms with E-state index < -0.39 is 0 Å². The SMILES string of the molecule is COc1ccc(C(C#N)CCCOc2ccc(F)cc2)cc1. The van der Waals surface area contributed by atoms with Crippen LogP contribution in [0.15, 0.2) is 48.5 Å². The zero-order chi connectivity index (χ0) is 15.8. The molecule has 0 saturated heterocycles. The molecule has 0 amide bonds. The van der Waals surface area contributed by atoms with Crippen molar-refractivity contribution in [2.24, 2.45) is 0 Å². The van der Waals surface area contributed by atoms with Crippen molar-refractivity contribution in [1.29, 1.82) is 5.26 Å². The fourth-order valence-electron chi connectivity index (χ4n) is 2.15. The van der Waals surface area contributed by atoms with Gasteiger partial charge in [0.2, 0.25) is 0 Å². The van der Waals surface area contributed by atoms with Gasteiger partial charge in [0, 0.05) is 0 Å². The maximum atomic E-state index is 12.8. The molecule has 0 aliphatic carbocycles. The van der Waals surface area contributed by atoms with Crippen molar-refractivity contribution in [3.05, 3.63) is 59.9 Å². The Morgan fingerprint density at radius 1 is 1.05 bits per heavy atom. The van der Waals surface area contributed by atoms with Crippen molar-refractivity contribution in [3.63, 3.8) is 0 Å². The lowest BCUT2D eigenvalue weighted by molar-refractivity contribution is 0.304. The molecule has 2 aromatic rings. The number of nitrogens with zero attached hydrogens (tertiary/aromatic N) is 1. The fraction of sp³-hybridized carbons (Fsp3) is 0.278. The minimum atomic E-state index is -0.281.